The van der Waals surface area contributed by atoms with Crippen LogP contribution in [0.1, 0.15) is 50.9 Å². The zero-order chi connectivity index (χ0) is 13.2. The molecule has 0 bridgehead atoms. The third-order valence-electron chi connectivity index (χ3n) is 3.50. The number of halogens is 2. The molecule has 100 valence electrons. The van der Waals surface area contributed by atoms with Gasteiger partial charge >= 0.3 is 0 Å². The summed E-state index contributed by atoms with van der Waals surface area (Å²) in [6, 6.07) is 0. The summed E-state index contributed by atoms with van der Waals surface area (Å²) in [7, 11) is 0. The maximum absolute atomic E-state index is 6.18. The minimum atomic E-state index is -0.381. The molecular weight excluding hydrogens is 271 g/mol. The highest BCUT2D eigenvalue weighted by molar-refractivity contribution is 6.34. The summed E-state index contributed by atoms with van der Waals surface area (Å²) in [6.45, 7) is 4.63. The highest BCUT2D eigenvalue weighted by atomic mass is 35.5. The number of hydrogen-bond donors (Lipinski definition) is 0. The Kier molecular flexibility index (Phi) is 4.46. The molecule has 1 aromatic rings. The highest BCUT2D eigenvalue weighted by Gasteiger charge is 2.39. The van der Waals surface area contributed by atoms with Crippen LogP contribution in [0.4, 0.5) is 0 Å². The number of aromatic nitrogens is 2. The number of rotatable bonds is 4. The van der Waals surface area contributed by atoms with Crippen molar-refractivity contribution in [2.45, 2.75) is 51.6 Å². The van der Waals surface area contributed by atoms with Gasteiger partial charge in [-0.25, -0.2) is 9.97 Å². The fourth-order valence-electron chi connectivity index (χ4n) is 2.58. The van der Waals surface area contributed by atoms with Crippen LogP contribution in [0.5, 0.6) is 0 Å². The van der Waals surface area contributed by atoms with Crippen LogP contribution in [0.2, 0.25) is 10.3 Å². The molecule has 2 rings (SSSR count). The van der Waals surface area contributed by atoms with Crippen LogP contribution < -0.4 is 0 Å². The monoisotopic (exact) mass is 288 g/mol. The zero-order valence-electron chi connectivity index (χ0n) is 10.8. The molecular formula is C13H18Cl2N2O. The zero-order valence-corrected chi connectivity index (χ0v) is 12.3. The van der Waals surface area contributed by atoms with Gasteiger partial charge in [0, 0.05) is 12.2 Å². The van der Waals surface area contributed by atoms with Crippen molar-refractivity contribution in [2.24, 2.45) is 0 Å². The lowest BCUT2D eigenvalue weighted by Crippen LogP contribution is -2.29. The van der Waals surface area contributed by atoms with E-state index in [2.05, 4.69) is 9.97 Å². The lowest BCUT2D eigenvalue weighted by atomic mass is 10.0. The van der Waals surface area contributed by atoms with Gasteiger partial charge in [0.2, 0.25) is 0 Å². The van der Waals surface area contributed by atoms with Gasteiger partial charge in [0.25, 0.3) is 0 Å². The van der Waals surface area contributed by atoms with Gasteiger partial charge in [-0.2, -0.15) is 0 Å². The molecule has 0 saturated heterocycles. The van der Waals surface area contributed by atoms with Crippen molar-refractivity contribution < 1.29 is 4.74 Å². The Balaban J connectivity index is 2.43. The summed E-state index contributed by atoms with van der Waals surface area (Å²) in [4.78, 5) is 8.84. The molecule has 18 heavy (non-hydrogen) atoms. The maximum atomic E-state index is 6.18. The van der Waals surface area contributed by atoms with Crippen LogP contribution in [-0.2, 0) is 16.8 Å². The Morgan fingerprint density at radius 1 is 1.11 bits per heavy atom. The first-order chi connectivity index (χ1) is 8.63. The van der Waals surface area contributed by atoms with E-state index in [0.717, 1.165) is 37.7 Å². The molecule has 1 fully saturated rings. The first-order valence-corrected chi connectivity index (χ1v) is 7.25. The van der Waals surface area contributed by atoms with Gasteiger partial charge in [-0.3, -0.25) is 0 Å². The topological polar surface area (TPSA) is 35.0 Å². The van der Waals surface area contributed by atoms with E-state index in [1.807, 2.05) is 13.8 Å². The third kappa shape index (κ3) is 2.49. The van der Waals surface area contributed by atoms with E-state index in [9.17, 15) is 0 Å². The summed E-state index contributed by atoms with van der Waals surface area (Å²) < 4.78 is 5.92. The van der Waals surface area contributed by atoms with Gasteiger partial charge in [-0.15, -0.1) is 0 Å². The molecule has 0 atom stereocenters. The lowest BCUT2D eigenvalue weighted by molar-refractivity contribution is -0.0457. The van der Waals surface area contributed by atoms with Gasteiger partial charge in [-0.05, 0) is 39.0 Å². The summed E-state index contributed by atoms with van der Waals surface area (Å²) in [5.74, 6) is 0.647. The molecule has 1 heterocycles. The Morgan fingerprint density at radius 2 is 1.67 bits per heavy atom. The van der Waals surface area contributed by atoms with Crippen LogP contribution >= 0.6 is 23.2 Å². The predicted molar refractivity (Wildman–Crippen MR) is 73.2 cm³/mol. The molecule has 0 N–H and O–H groups in total. The van der Waals surface area contributed by atoms with Crippen molar-refractivity contribution in [3.63, 3.8) is 0 Å². The van der Waals surface area contributed by atoms with E-state index in [1.54, 1.807) is 0 Å². The predicted octanol–water partition coefficient (Wildman–Crippen LogP) is 4.15. The number of nitrogens with zero attached hydrogens (tertiary/aromatic N) is 2. The second-order valence-electron chi connectivity index (χ2n) is 4.60. The van der Waals surface area contributed by atoms with E-state index >= 15 is 0 Å². The molecule has 0 radical (unpaired) electrons. The van der Waals surface area contributed by atoms with Crippen LogP contribution in [0.25, 0.3) is 0 Å². The summed E-state index contributed by atoms with van der Waals surface area (Å²) >= 11 is 12.4. The molecule has 1 aromatic heterocycles. The second-order valence-corrected chi connectivity index (χ2v) is 5.31. The standard InChI is InChI=1S/C13H18Cl2N2O/c1-3-9-10(14)16-12(17-11(9)15)13(18-4-2)7-5-6-8-13/h3-8H2,1-2H3. The summed E-state index contributed by atoms with van der Waals surface area (Å²) in [5, 5.41) is 0.914. The lowest BCUT2D eigenvalue weighted by Gasteiger charge is -2.27. The molecule has 0 aromatic carbocycles. The highest BCUT2D eigenvalue weighted by Crippen LogP contribution is 2.41. The number of hydrogen-bond acceptors (Lipinski definition) is 3. The van der Waals surface area contributed by atoms with Crippen LogP contribution in [-0.4, -0.2) is 16.6 Å². The quantitative estimate of drug-likeness (QED) is 0.781. The SMILES string of the molecule is CCOC1(c2nc(Cl)c(CC)c(Cl)n2)CCCC1. The van der Waals surface area contributed by atoms with Crippen molar-refractivity contribution in [1.82, 2.24) is 9.97 Å². The van der Waals surface area contributed by atoms with Gasteiger partial charge < -0.3 is 4.74 Å². The average molecular weight is 289 g/mol. The van der Waals surface area contributed by atoms with Crippen molar-refractivity contribution >= 4 is 23.2 Å². The second kappa shape index (κ2) is 5.72. The Morgan fingerprint density at radius 3 is 2.11 bits per heavy atom. The molecule has 5 heteroatoms. The Hall–Kier alpha value is -0.380. The molecule has 1 saturated carbocycles. The van der Waals surface area contributed by atoms with Crippen molar-refractivity contribution in [1.29, 1.82) is 0 Å². The molecule has 0 amide bonds. The van der Waals surface area contributed by atoms with E-state index in [0.29, 0.717) is 22.7 Å². The fourth-order valence-corrected chi connectivity index (χ4v) is 3.24. The molecule has 1 aliphatic rings. The summed E-state index contributed by atoms with van der Waals surface area (Å²) in [6.07, 6.45) is 4.89. The van der Waals surface area contributed by atoms with Gasteiger partial charge in [0.15, 0.2) is 5.82 Å². The first-order valence-electron chi connectivity index (χ1n) is 6.49. The van der Waals surface area contributed by atoms with Crippen molar-refractivity contribution in [3.05, 3.63) is 21.7 Å². The van der Waals surface area contributed by atoms with Crippen LogP contribution in [0.3, 0.4) is 0 Å². The first kappa shape index (κ1) is 14.0. The fraction of sp³-hybridized carbons (Fsp3) is 0.692. The Labute approximate surface area is 118 Å². The molecule has 0 aliphatic heterocycles. The van der Waals surface area contributed by atoms with E-state index < -0.39 is 0 Å². The molecule has 0 spiro atoms. The van der Waals surface area contributed by atoms with Crippen LogP contribution in [0, 0.1) is 0 Å². The molecule has 1 aliphatic carbocycles. The minimum Gasteiger partial charge on any atom is -0.367 e. The van der Waals surface area contributed by atoms with Gasteiger partial charge in [0.05, 0.1) is 0 Å². The maximum Gasteiger partial charge on any atom is 0.163 e. The molecule has 0 unspecified atom stereocenters. The van der Waals surface area contributed by atoms with Gasteiger partial charge in [-0.1, -0.05) is 30.1 Å². The van der Waals surface area contributed by atoms with Crippen molar-refractivity contribution in [2.75, 3.05) is 6.61 Å². The van der Waals surface area contributed by atoms with E-state index in [-0.39, 0.29) is 5.60 Å². The number of ether oxygens (including phenoxy) is 1. The largest absolute Gasteiger partial charge is 0.367 e. The average Bonchev–Trinajstić information content (AvgIpc) is 2.79. The molecule has 3 nitrogen and oxygen atoms in total. The normalized spacial score (nSPS) is 18.2. The van der Waals surface area contributed by atoms with Crippen molar-refractivity contribution in [3.8, 4) is 0 Å². The van der Waals surface area contributed by atoms with E-state index in [4.69, 9.17) is 27.9 Å². The van der Waals surface area contributed by atoms with Gasteiger partial charge in [0.1, 0.15) is 15.9 Å². The smallest absolute Gasteiger partial charge is 0.163 e. The van der Waals surface area contributed by atoms with Crippen LogP contribution in [0.15, 0.2) is 0 Å². The third-order valence-corrected chi connectivity index (χ3v) is 4.12. The minimum absolute atomic E-state index is 0.381. The Bertz CT molecular complexity index is 408. The summed E-state index contributed by atoms with van der Waals surface area (Å²) in [5.41, 5.74) is 0.431. The van der Waals surface area contributed by atoms with E-state index in [1.165, 1.54) is 0 Å².